The minimum Gasteiger partial charge on any atom is -0.481 e. The van der Waals surface area contributed by atoms with Gasteiger partial charge in [0.25, 0.3) is 0 Å². The molecule has 116 valence electrons. The van der Waals surface area contributed by atoms with Crippen molar-refractivity contribution < 1.29 is 23.1 Å². The molecule has 2 rings (SSSR count). The number of amides is 1. The Labute approximate surface area is 127 Å². The maximum absolute atomic E-state index is 12.0. The first-order chi connectivity index (χ1) is 9.55. The summed E-state index contributed by atoms with van der Waals surface area (Å²) >= 11 is 1.10. The fraction of sp³-hybridized carbons (Fsp3) is 0.538. The summed E-state index contributed by atoms with van der Waals surface area (Å²) < 4.78 is 23.0. The maximum Gasteiger partial charge on any atom is 0.307 e. The molecule has 6 nitrogen and oxygen atoms in total. The van der Waals surface area contributed by atoms with E-state index in [9.17, 15) is 18.0 Å². The molecule has 0 saturated heterocycles. The number of aliphatic carboxylic acids is 1. The van der Waals surface area contributed by atoms with Gasteiger partial charge in [-0.15, -0.1) is 11.3 Å². The number of thiophene rings is 1. The SMILES string of the molecule is CC1(C)[C@H](C(=O)O)[C@@H]1C(=O)NCc1ccc(S(C)(=O)=O)s1. The summed E-state index contributed by atoms with van der Waals surface area (Å²) in [5, 5.41) is 11.7. The fourth-order valence-corrected chi connectivity index (χ4v) is 4.44. The van der Waals surface area contributed by atoms with Crippen LogP contribution in [0, 0.1) is 17.3 Å². The van der Waals surface area contributed by atoms with Crippen LogP contribution < -0.4 is 5.32 Å². The number of nitrogens with one attached hydrogen (secondary N) is 1. The molecule has 1 aliphatic rings. The van der Waals surface area contributed by atoms with Crippen molar-refractivity contribution in [2.45, 2.75) is 24.6 Å². The van der Waals surface area contributed by atoms with Gasteiger partial charge in [0.1, 0.15) is 4.21 Å². The van der Waals surface area contributed by atoms with Crippen molar-refractivity contribution >= 4 is 33.1 Å². The van der Waals surface area contributed by atoms with Gasteiger partial charge in [-0.25, -0.2) is 8.42 Å². The molecule has 1 saturated carbocycles. The van der Waals surface area contributed by atoms with Crippen molar-refractivity contribution in [2.24, 2.45) is 17.3 Å². The van der Waals surface area contributed by atoms with E-state index in [4.69, 9.17) is 5.11 Å². The Balaban J connectivity index is 1.97. The van der Waals surface area contributed by atoms with E-state index < -0.39 is 33.1 Å². The van der Waals surface area contributed by atoms with E-state index in [-0.39, 0.29) is 16.7 Å². The molecule has 1 fully saturated rings. The van der Waals surface area contributed by atoms with Crippen LogP contribution >= 0.6 is 11.3 Å². The number of hydrogen-bond donors (Lipinski definition) is 2. The van der Waals surface area contributed by atoms with Gasteiger partial charge in [-0.2, -0.15) is 0 Å². The lowest BCUT2D eigenvalue weighted by atomic mass is 10.1. The zero-order chi connectivity index (χ0) is 16.0. The Kier molecular flexibility index (Phi) is 3.88. The van der Waals surface area contributed by atoms with Crippen LogP contribution in [0.3, 0.4) is 0 Å². The van der Waals surface area contributed by atoms with Crippen molar-refractivity contribution in [3.05, 3.63) is 17.0 Å². The van der Waals surface area contributed by atoms with E-state index in [1.54, 1.807) is 19.9 Å². The number of carboxylic acids is 1. The molecule has 2 atom stereocenters. The van der Waals surface area contributed by atoms with E-state index in [0.29, 0.717) is 4.88 Å². The molecule has 2 N–H and O–H groups in total. The number of carbonyl (C=O) groups is 2. The number of rotatable bonds is 5. The van der Waals surface area contributed by atoms with Crippen molar-refractivity contribution in [1.29, 1.82) is 0 Å². The molecule has 0 unspecified atom stereocenters. The van der Waals surface area contributed by atoms with Crippen LogP contribution in [0.25, 0.3) is 0 Å². The molecule has 0 aromatic carbocycles. The van der Waals surface area contributed by atoms with Crippen LogP contribution in [0.15, 0.2) is 16.3 Å². The summed E-state index contributed by atoms with van der Waals surface area (Å²) in [6.07, 6.45) is 1.13. The summed E-state index contributed by atoms with van der Waals surface area (Å²) in [7, 11) is -3.24. The van der Waals surface area contributed by atoms with Crippen molar-refractivity contribution in [2.75, 3.05) is 6.26 Å². The summed E-state index contributed by atoms with van der Waals surface area (Å²) in [6, 6.07) is 3.15. The fourth-order valence-electron chi connectivity index (χ4n) is 2.52. The molecule has 8 heteroatoms. The maximum atomic E-state index is 12.0. The summed E-state index contributed by atoms with van der Waals surface area (Å²) in [5.41, 5.74) is -0.538. The van der Waals surface area contributed by atoms with Gasteiger partial charge in [0.05, 0.1) is 18.4 Å². The minimum atomic E-state index is -3.24. The van der Waals surface area contributed by atoms with Crippen LogP contribution in [-0.2, 0) is 26.0 Å². The molecule has 1 amide bonds. The topological polar surface area (TPSA) is 101 Å². The Morgan fingerprint density at radius 2 is 1.95 bits per heavy atom. The zero-order valence-electron chi connectivity index (χ0n) is 11.9. The van der Waals surface area contributed by atoms with Gasteiger partial charge in [-0.3, -0.25) is 9.59 Å². The molecule has 1 aromatic heterocycles. The third kappa shape index (κ3) is 3.11. The van der Waals surface area contributed by atoms with E-state index in [2.05, 4.69) is 5.32 Å². The monoisotopic (exact) mass is 331 g/mol. The van der Waals surface area contributed by atoms with E-state index in [1.165, 1.54) is 6.07 Å². The summed E-state index contributed by atoms with van der Waals surface area (Å²) in [5.74, 6) is -2.46. The molecule has 1 aromatic rings. The molecule has 0 aliphatic heterocycles. The average Bonchev–Trinajstić information content (AvgIpc) is 2.73. The molecule has 0 bridgehead atoms. The highest BCUT2D eigenvalue weighted by Crippen LogP contribution is 2.58. The van der Waals surface area contributed by atoms with Crippen LogP contribution in [0.5, 0.6) is 0 Å². The van der Waals surface area contributed by atoms with Gasteiger partial charge in [-0.1, -0.05) is 13.8 Å². The Bertz CT molecular complexity index is 689. The lowest BCUT2D eigenvalue weighted by molar-refractivity contribution is -0.140. The van der Waals surface area contributed by atoms with Gasteiger partial charge in [0.2, 0.25) is 5.91 Å². The number of carbonyl (C=O) groups excluding carboxylic acids is 1. The van der Waals surface area contributed by atoms with Crippen molar-refractivity contribution in [3.8, 4) is 0 Å². The van der Waals surface area contributed by atoms with Crippen LogP contribution in [-0.4, -0.2) is 31.7 Å². The average molecular weight is 331 g/mol. The minimum absolute atomic E-state index is 0.206. The molecule has 1 heterocycles. The predicted octanol–water partition coefficient (Wildman–Crippen LogP) is 1.12. The largest absolute Gasteiger partial charge is 0.481 e. The summed E-state index contributed by atoms with van der Waals surface area (Å²) in [6.45, 7) is 3.71. The van der Waals surface area contributed by atoms with Gasteiger partial charge in [0.15, 0.2) is 9.84 Å². The third-order valence-electron chi connectivity index (χ3n) is 3.82. The number of sulfone groups is 1. The normalized spacial score (nSPS) is 23.6. The van der Waals surface area contributed by atoms with Gasteiger partial charge >= 0.3 is 5.97 Å². The van der Waals surface area contributed by atoms with E-state index in [0.717, 1.165) is 17.6 Å². The zero-order valence-corrected chi connectivity index (χ0v) is 13.5. The van der Waals surface area contributed by atoms with Crippen LogP contribution in [0.1, 0.15) is 18.7 Å². The van der Waals surface area contributed by atoms with Crippen molar-refractivity contribution in [1.82, 2.24) is 5.32 Å². The Morgan fingerprint density at radius 1 is 1.33 bits per heavy atom. The predicted molar refractivity (Wildman–Crippen MR) is 77.7 cm³/mol. The second kappa shape index (κ2) is 5.10. The van der Waals surface area contributed by atoms with Crippen LogP contribution in [0.2, 0.25) is 0 Å². The van der Waals surface area contributed by atoms with Gasteiger partial charge in [-0.05, 0) is 17.5 Å². The highest BCUT2D eigenvalue weighted by Gasteiger charge is 2.65. The Hall–Kier alpha value is -1.41. The molecule has 21 heavy (non-hydrogen) atoms. The second-order valence-electron chi connectivity index (χ2n) is 5.83. The third-order valence-corrected chi connectivity index (χ3v) is 6.72. The highest BCUT2D eigenvalue weighted by molar-refractivity contribution is 7.92. The van der Waals surface area contributed by atoms with Crippen LogP contribution in [0.4, 0.5) is 0 Å². The van der Waals surface area contributed by atoms with Gasteiger partial charge in [0, 0.05) is 11.1 Å². The lowest BCUT2D eigenvalue weighted by Crippen LogP contribution is -2.26. The molecular formula is C13H17NO5S2. The van der Waals surface area contributed by atoms with E-state index >= 15 is 0 Å². The molecule has 0 radical (unpaired) electrons. The number of hydrogen-bond acceptors (Lipinski definition) is 5. The Morgan fingerprint density at radius 3 is 2.38 bits per heavy atom. The standard InChI is InChI=1S/C13H17NO5S2/c1-13(2)9(10(13)12(16)17)11(15)14-6-7-4-5-8(20-7)21(3,18)19/h4-5,9-10H,6H2,1-3H3,(H,14,15)(H,16,17)/t9-,10+/m1/s1. The smallest absolute Gasteiger partial charge is 0.307 e. The number of carboxylic acid groups (broad SMARTS) is 1. The first-order valence-corrected chi connectivity index (χ1v) is 9.05. The lowest BCUT2D eigenvalue weighted by Gasteiger charge is -2.04. The second-order valence-corrected chi connectivity index (χ2v) is 9.24. The summed E-state index contributed by atoms with van der Waals surface area (Å²) in [4.78, 5) is 23.8. The van der Waals surface area contributed by atoms with E-state index in [1.807, 2.05) is 0 Å². The highest BCUT2D eigenvalue weighted by atomic mass is 32.2. The van der Waals surface area contributed by atoms with Gasteiger partial charge < -0.3 is 10.4 Å². The quantitative estimate of drug-likeness (QED) is 0.842. The van der Waals surface area contributed by atoms with Crippen molar-refractivity contribution in [3.63, 3.8) is 0 Å². The molecule has 1 aliphatic carbocycles. The molecule has 0 spiro atoms. The first kappa shape index (κ1) is 16.0. The first-order valence-electron chi connectivity index (χ1n) is 6.34. The molecular weight excluding hydrogens is 314 g/mol.